The van der Waals surface area contributed by atoms with Crippen LogP contribution >= 0.6 is 0 Å². The van der Waals surface area contributed by atoms with E-state index in [0.717, 1.165) is 0 Å². The summed E-state index contributed by atoms with van der Waals surface area (Å²) in [4.78, 5) is 4.06. The Morgan fingerprint density at radius 3 is 2.00 bits per heavy atom. The molecular formula is C23H26N2O5Si. The van der Waals surface area contributed by atoms with Crippen molar-refractivity contribution in [3.8, 4) is 40.2 Å². The first-order valence-corrected chi connectivity index (χ1v) is 13.1. The van der Waals surface area contributed by atoms with Crippen molar-refractivity contribution in [3.63, 3.8) is 0 Å². The lowest BCUT2D eigenvalue weighted by molar-refractivity contribution is 0.150. The van der Waals surface area contributed by atoms with Gasteiger partial charge in [0.15, 0.2) is 8.32 Å². The van der Waals surface area contributed by atoms with Crippen LogP contribution in [0.15, 0.2) is 18.2 Å². The van der Waals surface area contributed by atoms with E-state index in [2.05, 4.69) is 10.9 Å². The molecule has 3 rings (SSSR count). The Hall–Kier alpha value is -3.20. The van der Waals surface area contributed by atoms with Crippen molar-refractivity contribution in [2.45, 2.75) is 31.8 Å². The molecule has 0 spiro atoms. The highest BCUT2D eigenvalue weighted by molar-refractivity contribution is 6.69. The molecule has 0 N–H and O–H groups in total. The number of hydrogen-bond acceptors (Lipinski definition) is 6. The van der Waals surface area contributed by atoms with Gasteiger partial charge in [-0.25, -0.2) is 6.57 Å². The first kappa shape index (κ1) is 22.5. The van der Waals surface area contributed by atoms with Gasteiger partial charge in [0, 0.05) is 16.7 Å². The summed E-state index contributed by atoms with van der Waals surface area (Å²) in [6.45, 7) is 14.4. The number of ether oxygens (including phenoxy) is 4. The average molecular weight is 439 g/mol. The molecule has 1 unspecified atom stereocenters. The van der Waals surface area contributed by atoms with Gasteiger partial charge in [-0.3, -0.25) is 4.85 Å². The topological polar surface area (TPSA) is 74.3 Å². The van der Waals surface area contributed by atoms with Gasteiger partial charge < -0.3 is 23.4 Å². The van der Waals surface area contributed by atoms with Gasteiger partial charge in [-0.1, -0.05) is 0 Å². The Balaban J connectivity index is 2.63. The van der Waals surface area contributed by atoms with Gasteiger partial charge in [0.1, 0.15) is 34.1 Å². The smallest absolute Gasteiger partial charge is 0.390 e. The summed E-state index contributed by atoms with van der Waals surface area (Å²) < 4.78 is 29.5. The van der Waals surface area contributed by atoms with Crippen LogP contribution in [0.5, 0.6) is 23.0 Å². The number of rotatable bonds is 7. The minimum atomic E-state index is -2.27. The van der Waals surface area contributed by atoms with Gasteiger partial charge in [-0.2, -0.15) is 5.26 Å². The molecule has 31 heavy (non-hydrogen) atoms. The quantitative estimate of drug-likeness (QED) is 0.459. The summed E-state index contributed by atoms with van der Waals surface area (Å²) in [5, 5.41) is 9.37. The van der Waals surface area contributed by atoms with E-state index >= 15 is 0 Å². The molecule has 1 atom stereocenters. The van der Waals surface area contributed by atoms with Crippen LogP contribution in [-0.2, 0) is 16.6 Å². The van der Waals surface area contributed by atoms with E-state index < -0.39 is 14.0 Å². The molecule has 162 valence electrons. The minimum absolute atomic E-state index is 0.119. The summed E-state index contributed by atoms with van der Waals surface area (Å²) >= 11 is 0. The minimum Gasteiger partial charge on any atom is -0.496 e. The second-order valence-corrected chi connectivity index (χ2v) is 12.5. The lowest BCUT2D eigenvalue weighted by Crippen LogP contribution is -2.38. The fourth-order valence-corrected chi connectivity index (χ4v) is 5.31. The molecule has 2 aromatic carbocycles. The third kappa shape index (κ3) is 3.38. The zero-order chi connectivity index (χ0) is 23.0. The van der Waals surface area contributed by atoms with Crippen molar-refractivity contribution in [2.24, 2.45) is 0 Å². The molecular weight excluding hydrogens is 412 g/mol. The van der Waals surface area contributed by atoms with Crippen molar-refractivity contribution >= 4 is 8.32 Å². The van der Waals surface area contributed by atoms with E-state index in [1.165, 1.54) is 0 Å². The molecule has 0 aliphatic heterocycles. The molecule has 7 nitrogen and oxygen atoms in total. The Morgan fingerprint density at radius 1 is 0.935 bits per heavy atom. The summed E-state index contributed by atoms with van der Waals surface area (Å²) in [5.41, 5.74) is 1.55. The number of benzene rings is 2. The van der Waals surface area contributed by atoms with Crippen molar-refractivity contribution in [1.29, 1.82) is 5.26 Å². The van der Waals surface area contributed by atoms with Crippen molar-refractivity contribution in [2.75, 3.05) is 28.4 Å². The standard InChI is InChI=1S/C23H26N2O5Si/c1-25-23(30-31(6,7)8)20-16(27-3)10-9-15(26-2)18(20)19-21(23)17(28-4)13-14(11-12-24)22(19)29-5/h9-10,13H,11H2,2-8H3. The van der Waals surface area contributed by atoms with Gasteiger partial charge in [0.05, 0.1) is 40.9 Å². The van der Waals surface area contributed by atoms with Crippen LogP contribution in [0, 0.1) is 17.9 Å². The molecule has 0 saturated heterocycles. The van der Waals surface area contributed by atoms with Crippen LogP contribution in [0.25, 0.3) is 16.0 Å². The first-order chi connectivity index (χ1) is 14.7. The highest BCUT2D eigenvalue weighted by Gasteiger charge is 2.60. The monoisotopic (exact) mass is 438 g/mol. The van der Waals surface area contributed by atoms with Crippen LogP contribution < -0.4 is 18.9 Å². The van der Waals surface area contributed by atoms with E-state index in [4.69, 9.17) is 29.9 Å². The largest absolute Gasteiger partial charge is 0.496 e. The molecule has 0 amide bonds. The van der Waals surface area contributed by atoms with E-state index in [1.807, 2.05) is 19.6 Å². The lowest BCUT2D eigenvalue weighted by Gasteiger charge is -2.29. The molecule has 0 saturated carbocycles. The fourth-order valence-electron chi connectivity index (χ4n) is 4.17. The number of methoxy groups -OCH3 is 4. The van der Waals surface area contributed by atoms with E-state index in [1.54, 1.807) is 46.6 Å². The molecule has 0 heterocycles. The fraction of sp³-hybridized carbons (Fsp3) is 0.391. The Kier molecular flexibility index (Phi) is 5.91. The number of hydrogen-bond donors (Lipinski definition) is 0. The highest BCUT2D eigenvalue weighted by Crippen LogP contribution is 2.63. The molecule has 0 fully saturated rings. The molecule has 1 aliphatic carbocycles. The zero-order valence-corrected chi connectivity index (χ0v) is 19.9. The zero-order valence-electron chi connectivity index (χ0n) is 18.9. The van der Waals surface area contributed by atoms with Gasteiger partial charge in [-0.15, -0.1) is 0 Å². The second-order valence-electron chi connectivity index (χ2n) is 8.05. The Morgan fingerprint density at radius 2 is 1.52 bits per heavy atom. The van der Waals surface area contributed by atoms with Crippen LogP contribution in [0.1, 0.15) is 16.7 Å². The highest BCUT2D eigenvalue weighted by atomic mass is 28.4. The SMILES string of the molecule is [C-]#[N+]C1(O[Si](C)(C)C)c2c(OC)ccc(OC)c2-c2c(OC)c(CC#N)cc(OC)c21. The predicted octanol–water partition coefficient (Wildman–Crippen LogP) is 4.74. The number of nitriles is 1. The third-order valence-corrected chi connectivity index (χ3v) is 6.03. The number of fused-ring (bicyclic) bond motifs is 3. The Bertz CT molecular complexity index is 1110. The molecule has 0 radical (unpaired) electrons. The van der Waals surface area contributed by atoms with Crippen molar-refractivity contribution in [1.82, 2.24) is 0 Å². The summed E-state index contributed by atoms with van der Waals surface area (Å²) in [6.07, 6.45) is 0.119. The van der Waals surface area contributed by atoms with E-state index in [0.29, 0.717) is 50.8 Å². The molecule has 8 heteroatoms. The first-order valence-electron chi connectivity index (χ1n) is 9.72. The maximum Gasteiger partial charge on any atom is 0.390 e. The van der Waals surface area contributed by atoms with Gasteiger partial charge in [0.25, 0.3) is 0 Å². The van der Waals surface area contributed by atoms with Crippen LogP contribution in [0.3, 0.4) is 0 Å². The maximum atomic E-state index is 9.37. The van der Waals surface area contributed by atoms with Crippen LogP contribution in [-0.4, -0.2) is 36.8 Å². The van der Waals surface area contributed by atoms with E-state index in [9.17, 15) is 5.26 Å². The molecule has 2 aromatic rings. The normalized spacial score (nSPS) is 16.5. The Labute approximate surface area is 184 Å². The summed E-state index contributed by atoms with van der Waals surface area (Å²) in [7, 11) is 3.95. The maximum absolute atomic E-state index is 9.37. The molecule has 0 aromatic heterocycles. The van der Waals surface area contributed by atoms with Crippen molar-refractivity contribution in [3.05, 3.63) is 46.3 Å². The van der Waals surface area contributed by atoms with Crippen molar-refractivity contribution < 1.29 is 23.4 Å². The third-order valence-electron chi connectivity index (χ3n) is 5.12. The summed E-state index contributed by atoms with van der Waals surface area (Å²) in [6, 6.07) is 7.48. The molecule has 1 aliphatic rings. The van der Waals surface area contributed by atoms with Gasteiger partial charge in [-0.05, 0) is 37.8 Å². The van der Waals surface area contributed by atoms with Crippen LogP contribution in [0.4, 0.5) is 0 Å². The van der Waals surface area contributed by atoms with E-state index in [-0.39, 0.29) is 6.42 Å². The summed E-state index contributed by atoms with van der Waals surface area (Å²) in [5.74, 6) is 2.01. The number of nitrogens with zero attached hydrogens (tertiary/aromatic N) is 2. The molecule has 0 bridgehead atoms. The second kappa shape index (κ2) is 8.14. The van der Waals surface area contributed by atoms with Crippen LogP contribution in [0.2, 0.25) is 19.6 Å². The van der Waals surface area contributed by atoms with Gasteiger partial charge >= 0.3 is 5.72 Å². The predicted molar refractivity (Wildman–Crippen MR) is 119 cm³/mol. The van der Waals surface area contributed by atoms with Gasteiger partial charge in [0.2, 0.25) is 0 Å². The average Bonchev–Trinajstić information content (AvgIpc) is 3.03. The lowest BCUT2D eigenvalue weighted by atomic mass is 9.96.